The second-order valence-corrected chi connectivity index (χ2v) is 6.51. The highest BCUT2D eigenvalue weighted by Gasteiger charge is 2.11. The molecule has 0 bridgehead atoms. The number of hydrogen-bond donors (Lipinski definition) is 2. The molecule has 2 aliphatic heterocycles. The molecule has 24 heavy (non-hydrogen) atoms. The number of rotatable bonds is 6. The molecule has 2 aromatic carbocycles. The largest absolute Gasteiger partial charge is 0.353 e. The fourth-order valence-electron chi connectivity index (χ4n) is 3.63. The van der Waals surface area contributed by atoms with E-state index in [0.717, 1.165) is 39.0 Å². The molecule has 0 radical (unpaired) electrons. The molecule has 0 spiro atoms. The minimum Gasteiger partial charge on any atom is -0.353 e. The van der Waals surface area contributed by atoms with Crippen LogP contribution in [0.4, 0.5) is 0 Å². The van der Waals surface area contributed by atoms with E-state index in [1.165, 1.54) is 31.6 Å². The van der Waals surface area contributed by atoms with E-state index >= 15 is 0 Å². The zero-order valence-corrected chi connectivity index (χ0v) is 13.9. The minimum atomic E-state index is 0.723. The van der Waals surface area contributed by atoms with Gasteiger partial charge in [-0.05, 0) is 46.8 Å². The van der Waals surface area contributed by atoms with E-state index in [-0.39, 0.29) is 0 Å². The Hall–Kier alpha value is -2.30. The third-order valence-corrected chi connectivity index (χ3v) is 4.75. The van der Waals surface area contributed by atoms with Crippen LogP contribution in [0.1, 0.15) is 12.8 Å². The number of nitrogens with two attached hydrogens (primary N) is 2. The molecule has 0 amide bonds. The third-order valence-electron chi connectivity index (χ3n) is 4.75. The Labute approximate surface area is 141 Å². The van der Waals surface area contributed by atoms with Crippen LogP contribution in [-0.4, -0.2) is 36.0 Å². The summed E-state index contributed by atoms with van der Waals surface area (Å²) in [6, 6.07) is 8.93. The summed E-state index contributed by atoms with van der Waals surface area (Å²) >= 11 is 0. The zero-order valence-electron chi connectivity index (χ0n) is 13.9. The van der Waals surface area contributed by atoms with Crippen molar-refractivity contribution in [3.8, 4) is 0 Å². The Morgan fingerprint density at radius 1 is 0.583 bits per heavy atom. The van der Waals surface area contributed by atoms with Crippen molar-refractivity contribution in [2.24, 2.45) is 11.5 Å². The maximum atomic E-state index is 5.65. The molecule has 4 heteroatoms. The number of benzene rings is 2. The molecule has 2 aliphatic rings. The van der Waals surface area contributed by atoms with Gasteiger partial charge in [0.25, 0.3) is 0 Å². The van der Waals surface area contributed by atoms with E-state index in [2.05, 4.69) is 58.9 Å². The van der Waals surface area contributed by atoms with Crippen molar-refractivity contribution in [2.75, 3.05) is 26.2 Å². The van der Waals surface area contributed by atoms with Crippen molar-refractivity contribution in [2.45, 2.75) is 12.8 Å². The molecule has 0 unspecified atom stereocenters. The van der Waals surface area contributed by atoms with Gasteiger partial charge in [-0.15, -0.1) is 0 Å². The molecule has 0 atom stereocenters. The monoisotopic (exact) mass is 320 g/mol. The van der Waals surface area contributed by atoms with Crippen LogP contribution < -0.4 is 32.3 Å². The van der Waals surface area contributed by atoms with Gasteiger partial charge in [0.15, 0.2) is 0 Å². The molecule has 4 N–H and O–H groups in total. The van der Waals surface area contributed by atoms with Gasteiger partial charge >= 0.3 is 0 Å². The maximum absolute atomic E-state index is 5.65. The Morgan fingerprint density at radius 2 is 0.917 bits per heavy atom. The molecular formula is C20H24N4. The summed E-state index contributed by atoms with van der Waals surface area (Å²) in [4.78, 5) is 4.52. The second-order valence-electron chi connectivity index (χ2n) is 6.51. The van der Waals surface area contributed by atoms with E-state index in [9.17, 15) is 0 Å². The van der Waals surface area contributed by atoms with Gasteiger partial charge in [-0.2, -0.15) is 0 Å². The van der Waals surface area contributed by atoms with Gasteiger partial charge in [0.2, 0.25) is 0 Å². The summed E-state index contributed by atoms with van der Waals surface area (Å²) in [5.41, 5.74) is 11.3. The lowest BCUT2D eigenvalue weighted by Gasteiger charge is -2.22. The zero-order chi connectivity index (χ0) is 16.5. The van der Waals surface area contributed by atoms with Gasteiger partial charge in [0.1, 0.15) is 0 Å². The van der Waals surface area contributed by atoms with Gasteiger partial charge in [-0.25, -0.2) is 0 Å². The molecule has 124 valence electrons. The van der Waals surface area contributed by atoms with Crippen LogP contribution in [0.15, 0.2) is 24.3 Å². The Balaban J connectivity index is 1.88. The Bertz CT molecular complexity index is 853. The van der Waals surface area contributed by atoms with Crippen molar-refractivity contribution in [3.05, 3.63) is 45.1 Å². The topological polar surface area (TPSA) is 58.5 Å². The van der Waals surface area contributed by atoms with Gasteiger partial charge < -0.3 is 21.3 Å². The first-order valence-corrected chi connectivity index (χ1v) is 8.71. The van der Waals surface area contributed by atoms with E-state index in [4.69, 9.17) is 11.5 Å². The van der Waals surface area contributed by atoms with Crippen LogP contribution in [0.5, 0.6) is 0 Å². The molecule has 2 heterocycles. The van der Waals surface area contributed by atoms with E-state index in [1.807, 2.05) is 0 Å². The van der Waals surface area contributed by atoms with Crippen molar-refractivity contribution in [1.82, 2.24) is 9.80 Å². The van der Waals surface area contributed by atoms with Gasteiger partial charge in [0.05, 0.1) is 0 Å². The van der Waals surface area contributed by atoms with Crippen LogP contribution in [0, 0.1) is 0 Å². The molecule has 0 saturated heterocycles. The SMILES string of the molecule is NCCCN1C=c2ccc3c4c(ccc(c24)=C1)=CN(CCCN)C=3. The first-order chi connectivity index (χ1) is 11.8. The fraction of sp³-hybridized carbons (Fsp3) is 0.300. The third kappa shape index (κ3) is 2.58. The first-order valence-electron chi connectivity index (χ1n) is 8.71. The molecular weight excluding hydrogens is 296 g/mol. The first kappa shape index (κ1) is 15.2. The van der Waals surface area contributed by atoms with Crippen molar-refractivity contribution in [3.63, 3.8) is 0 Å². The molecule has 0 fully saturated rings. The molecule has 4 nitrogen and oxygen atoms in total. The lowest BCUT2D eigenvalue weighted by atomic mass is 9.99. The van der Waals surface area contributed by atoms with Crippen molar-refractivity contribution in [1.29, 1.82) is 0 Å². The Kier molecular flexibility index (Phi) is 4.00. The second kappa shape index (κ2) is 6.30. The average Bonchev–Trinajstić information content (AvgIpc) is 2.62. The average molecular weight is 320 g/mol. The van der Waals surface area contributed by atoms with Gasteiger partial charge in [-0.3, -0.25) is 0 Å². The van der Waals surface area contributed by atoms with Crippen LogP contribution >= 0.6 is 0 Å². The molecule has 0 aliphatic carbocycles. The van der Waals surface area contributed by atoms with Crippen LogP contribution in [0.3, 0.4) is 0 Å². The number of hydrogen-bond acceptors (Lipinski definition) is 4. The predicted octanol–water partition coefficient (Wildman–Crippen LogP) is -0.879. The van der Waals surface area contributed by atoms with Gasteiger partial charge in [0, 0.05) is 48.7 Å². The summed E-state index contributed by atoms with van der Waals surface area (Å²) in [5.74, 6) is 0. The fourth-order valence-corrected chi connectivity index (χ4v) is 3.63. The summed E-state index contributed by atoms with van der Waals surface area (Å²) in [7, 11) is 0. The van der Waals surface area contributed by atoms with Crippen molar-refractivity contribution < 1.29 is 0 Å². The van der Waals surface area contributed by atoms with E-state index in [1.54, 1.807) is 0 Å². The maximum Gasteiger partial charge on any atom is 0.0232 e. The van der Waals surface area contributed by atoms with Crippen LogP contribution in [-0.2, 0) is 0 Å². The minimum absolute atomic E-state index is 0.723. The summed E-state index contributed by atoms with van der Waals surface area (Å²) in [6.07, 6.45) is 11.0. The van der Waals surface area contributed by atoms with Gasteiger partial charge in [-0.1, -0.05) is 24.3 Å². The lowest BCUT2D eigenvalue weighted by molar-refractivity contribution is 0.563. The highest BCUT2D eigenvalue weighted by atomic mass is 15.1. The molecule has 2 aromatic rings. The summed E-state index contributed by atoms with van der Waals surface area (Å²) in [6.45, 7) is 3.37. The molecule has 0 aromatic heterocycles. The lowest BCUT2D eigenvalue weighted by Crippen LogP contribution is -2.35. The summed E-state index contributed by atoms with van der Waals surface area (Å²) in [5, 5.41) is 7.90. The molecule has 0 saturated carbocycles. The molecule has 4 rings (SSSR count). The smallest absolute Gasteiger partial charge is 0.0232 e. The quantitative estimate of drug-likeness (QED) is 0.726. The van der Waals surface area contributed by atoms with Crippen molar-refractivity contribution >= 4 is 35.6 Å². The highest BCUT2D eigenvalue weighted by Crippen LogP contribution is 2.06. The van der Waals surface area contributed by atoms with Crippen LogP contribution in [0.2, 0.25) is 0 Å². The van der Waals surface area contributed by atoms with Crippen LogP contribution in [0.25, 0.3) is 35.6 Å². The highest BCUT2D eigenvalue weighted by molar-refractivity contribution is 5.89. The normalized spacial score (nSPS) is 14.8. The number of nitrogens with zero attached hydrogens (tertiary/aromatic N) is 2. The summed E-state index contributed by atoms with van der Waals surface area (Å²) < 4.78 is 0. The van der Waals surface area contributed by atoms with E-state index in [0.29, 0.717) is 0 Å². The van der Waals surface area contributed by atoms with E-state index < -0.39 is 0 Å². The standard InChI is InChI=1S/C20H24N4/c21-7-1-9-23-11-15-3-5-17-13-24(10-2-8-22)14-18-6-4-16(12-23)19(15)20(17)18/h3-6,11-14H,1-2,7-10,21-22H2. The Morgan fingerprint density at radius 3 is 1.21 bits per heavy atom. The predicted molar refractivity (Wildman–Crippen MR) is 101 cm³/mol.